The van der Waals surface area contributed by atoms with Gasteiger partial charge in [0.1, 0.15) is 22.2 Å². The topological polar surface area (TPSA) is 22.1 Å². The van der Waals surface area contributed by atoms with Gasteiger partial charge in [0.25, 0.3) is 0 Å². The summed E-state index contributed by atoms with van der Waals surface area (Å²) in [5, 5.41) is 1.01. The predicted octanol–water partition coefficient (Wildman–Crippen LogP) is 3.60. The molecule has 2 nitrogen and oxygen atoms in total. The van der Waals surface area contributed by atoms with Crippen LogP contribution >= 0.6 is 11.6 Å². The maximum absolute atomic E-state index is 13.5. The Hall–Kier alpha value is -1.35. The van der Waals surface area contributed by atoms with Gasteiger partial charge in [-0.15, -0.1) is 0 Å². The van der Waals surface area contributed by atoms with Gasteiger partial charge < -0.3 is 4.74 Å². The highest BCUT2D eigenvalue weighted by Crippen LogP contribution is 2.30. The minimum Gasteiger partial charge on any atom is -0.496 e. The van der Waals surface area contributed by atoms with E-state index in [1.54, 1.807) is 13.2 Å². The van der Waals surface area contributed by atoms with E-state index in [0.29, 0.717) is 16.3 Å². The van der Waals surface area contributed by atoms with Crippen LogP contribution < -0.4 is 4.74 Å². The first kappa shape index (κ1) is 11.1. The Morgan fingerprint density at radius 2 is 2.19 bits per heavy atom. The fraction of sp³-hybridized carbons (Fsp3) is 0.250. The van der Waals surface area contributed by atoms with Gasteiger partial charge in [0, 0.05) is 5.39 Å². The molecule has 0 amide bonds. The molecule has 0 fully saturated rings. The molecule has 0 spiro atoms. The number of hydrogen-bond donors (Lipinski definition) is 0. The Balaban J connectivity index is 2.83. The van der Waals surface area contributed by atoms with E-state index in [1.807, 2.05) is 13.0 Å². The number of ether oxygens (including phenoxy) is 1. The molecular formula is C12H11ClFNO. The molecular weight excluding hydrogens is 229 g/mol. The molecule has 0 atom stereocenters. The van der Waals surface area contributed by atoms with E-state index in [0.717, 1.165) is 12.0 Å². The van der Waals surface area contributed by atoms with Crippen molar-refractivity contribution in [1.82, 2.24) is 4.98 Å². The molecule has 0 bridgehead atoms. The standard InChI is InChI=1S/C12H11ClFNO/c1-3-7-6-8-10(16-2)5-4-9(14)11(8)15-12(7)13/h4-6H,3H2,1-2H3. The normalized spacial score (nSPS) is 10.8. The molecule has 1 aromatic carbocycles. The minimum atomic E-state index is -0.389. The fourth-order valence-electron chi connectivity index (χ4n) is 1.65. The van der Waals surface area contributed by atoms with Crippen LogP contribution in [0.4, 0.5) is 4.39 Å². The van der Waals surface area contributed by atoms with Crippen LogP contribution in [-0.2, 0) is 6.42 Å². The molecule has 0 saturated carbocycles. The molecule has 0 unspecified atom stereocenters. The van der Waals surface area contributed by atoms with Gasteiger partial charge in [0.15, 0.2) is 0 Å². The lowest BCUT2D eigenvalue weighted by molar-refractivity contribution is 0.419. The summed E-state index contributed by atoms with van der Waals surface area (Å²) in [7, 11) is 1.55. The molecule has 84 valence electrons. The van der Waals surface area contributed by atoms with Crippen LogP contribution in [0.25, 0.3) is 10.9 Å². The Kier molecular flexibility index (Phi) is 2.97. The lowest BCUT2D eigenvalue weighted by Crippen LogP contribution is -1.94. The average molecular weight is 240 g/mol. The molecule has 1 heterocycles. The second-order valence-electron chi connectivity index (χ2n) is 3.44. The summed E-state index contributed by atoms with van der Waals surface area (Å²) in [6, 6.07) is 4.75. The largest absolute Gasteiger partial charge is 0.496 e. The highest BCUT2D eigenvalue weighted by Gasteiger charge is 2.11. The summed E-state index contributed by atoms with van der Waals surface area (Å²) < 4.78 is 18.7. The van der Waals surface area contributed by atoms with E-state index in [-0.39, 0.29) is 11.3 Å². The molecule has 0 radical (unpaired) electrons. The maximum atomic E-state index is 13.5. The van der Waals surface area contributed by atoms with Crippen molar-refractivity contribution in [1.29, 1.82) is 0 Å². The van der Waals surface area contributed by atoms with Crippen LogP contribution in [0.15, 0.2) is 18.2 Å². The molecule has 0 aliphatic rings. The van der Waals surface area contributed by atoms with Crippen molar-refractivity contribution in [3.8, 4) is 5.75 Å². The third-order valence-corrected chi connectivity index (χ3v) is 2.85. The molecule has 16 heavy (non-hydrogen) atoms. The number of pyridine rings is 1. The third-order valence-electron chi connectivity index (χ3n) is 2.52. The second-order valence-corrected chi connectivity index (χ2v) is 3.80. The van der Waals surface area contributed by atoms with E-state index in [2.05, 4.69) is 4.98 Å². The van der Waals surface area contributed by atoms with Crippen molar-refractivity contribution in [3.05, 3.63) is 34.7 Å². The number of aromatic nitrogens is 1. The van der Waals surface area contributed by atoms with Gasteiger partial charge in [-0.25, -0.2) is 9.37 Å². The van der Waals surface area contributed by atoms with Gasteiger partial charge in [-0.2, -0.15) is 0 Å². The Morgan fingerprint density at radius 1 is 1.44 bits per heavy atom. The quantitative estimate of drug-likeness (QED) is 0.747. The summed E-state index contributed by atoms with van der Waals surface area (Å²) >= 11 is 5.95. The first-order chi connectivity index (χ1) is 7.67. The predicted molar refractivity (Wildman–Crippen MR) is 62.6 cm³/mol. The number of fused-ring (bicyclic) bond motifs is 1. The SMILES string of the molecule is CCc1cc2c(OC)ccc(F)c2nc1Cl. The minimum absolute atomic E-state index is 0.251. The van der Waals surface area contributed by atoms with E-state index < -0.39 is 0 Å². The van der Waals surface area contributed by atoms with Crippen molar-refractivity contribution in [3.63, 3.8) is 0 Å². The maximum Gasteiger partial charge on any atom is 0.149 e. The van der Waals surface area contributed by atoms with Crippen LogP contribution in [0.1, 0.15) is 12.5 Å². The van der Waals surface area contributed by atoms with E-state index in [9.17, 15) is 4.39 Å². The smallest absolute Gasteiger partial charge is 0.149 e. The van der Waals surface area contributed by atoms with Crippen LogP contribution in [-0.4, -0.2) is 12.1 Å². The van der Waals surface area contributed by atoms with Crippen molar-refractivity contribution < 1.29 is 9.13 Å². The number of halogens is 2. The summed E-state index contributed by atoms with van der Waals surface area (Å²) in [5.41, 5.74) is 1.14. The van der Waals surface area contributed by atoms with Gasteiger partial charge in [-0.1, -0.05) is 18.5 Å². The van der Waals surface area contributed by atoms with Crippen LogP contribution in [0, 0.1) is 5.82 Å². The molecule has 0 aliphatic heterocycles. The molecule has 4 heteroatoms. The van der Waals surface area contributed by atoms with Crippen LogP contribution in [0.3, 0.4) is 0 Å². The Labute approximate surface area is 98.0 Å². The zero-order valence-corrected chi connectivity index (χ0v) is 9.81. The summed E-state index contributed by atoms with van der Waals surface area (Å²) in [6.45, 7) is 1.97. The zero-order valence-electron chi connectivity index (χ0n) is 9.05. The zero-order chi connectivity index (χ0) is 11.7. The van der Waals surface area contributed by atoms with Gasteiger partial charge in [0.2, 0.25) is 0 Å². The number of nitrogens with zero attached hydrogens (tertiary/aromatic N) is 1. The number of benzene rings is 1. The highest BCUT2D eigenvalue weighted by atomic mass is 35.5. The van der Waals surface area contributed by atoms with E-state index in [1.165, 1.54) is 6.07 Å². The monoisotopic (exact) mass is 239 g/mol. The number of hydrogen-bond acceptors (Lipinski definition) is 2. The van der Waals surface area contributed by atoms with Crippen molar-refractivity contribution >= 4 is 22.5 Å². The van der Waals surface area contributed by atoms with E-state index in [4.69, 9.17) is 16.3 Å². The number of aryl methyl sites for hydroxylation is 1. The lowest BCUT2D eigenvalue weighted by Gasteiger charge is -2.08. The van der Waals surface area contributed by atoms with Crippen LogP contribution in [0.2, 0.25) is 5.15 Å². The average Bonchev–Trinajstić information content (AvgIpc) is 2.30. The fourth-order valence-corrected chi connectivity index (χ4v) is 1.92. The van der Waals surface area contributed by atoms with E-state index >= 15 is 0 Å². The van der Waals surface area contributed by atoms with Gasteiger partial charge in [-0.05, 0) is 30.2 Å². The van der Waals surface area contributed by atoms with Crippen molar-refractivity contribution in [2.24, 2.45) is 0 Å². The molecule has 2 rings (SSSR count). The summed E-state index contributed by atoms with van der Waals surface area (Å²) in [6.07, 6.45) is 0.751. The Morgan fingerprint density at radius 3 is 2.81 bits per heavy atom. The molecule has 0 saturated heterocycles. The lowest BCUT2D eigenvalue weighted by atomic mass is 10.1. The summed E-state index contributed by atoms with van der Waals surface area (Å²) in [4.78, 5) is 4.07. The number of rotatable bonds is 2. The first-order valence-corrected chi connectivity index (χ1v) is 5.36. The molecule has 2 aromatic rings. The molecule has 0 N–H and O–H groups in total. The van der Waals surface area contributed by atoms with Crippen molar-refractivity contribution in [2.45, 2.75) is 13.3 Å². The molecule has 0 aliphatic carbocycles. The highest BCUT2D eigenvalue weighted by molar-refractivity contribution is 6.30. The van der Waals surface area contributed by atoms with Gasteiger partial charge in [-0.3, -0.25) is 0 Å². The summed E-state index contributed by atoms with van der Waals surface area (Å²) in [5.74, 6) is 0.218. The third kappa shape index (κ3) is 1.71. The van der Waals surface area contributed by atoms with Crippen molar-refractivity contribution in [2.75, 3.05) is 7.11 Å². The van der Waals surface area contributed by atoms with Gasteiger partial charge in [0.05, 0.1) is 7.11 Å². The first-order valence-electron chi connectivity index (χ1n) is 4.99. The second kappa shape index (κ2) is 4.26. The molecule has 1 aromatic heterocycles. The number of methoxy groups -OCH3 is 1. The van der Waals surface area contributed by atoms with Gasteiger partial charge >= 0.3 is 0 Å². The van der Waals surface area contributed by atoms with Crippen LogP contribution in [0.5, 0.6) is 5.75 Å². The Bertz CT molecular complexity index is 542.